The van der Waals surface area contributed by atoms with Crippen molar-refractivity contribution < 1.29 is 9.53 Å². The molecule has 20 heavy (non-hydrogen) atoms. The summed E-state index contributed by atoms with van der Waals surface area (Å²) in [6.07, 6.45) is 0. The van der Waals surface area contributed by atoms with Crippen LogP contribution in [0.25, 0.3) is 0 Å². The molecule has 1 aromatic heterocycles. The quantitative estimate of drug-likeness (QED) is 0.890. The number of ether oxygens (including phenoxy) is 1. The minimum absolute atomic E-state index is 0.0203. The van der Waals surface area contributed by atoms with Crippen LogP contribution in [0.5, 0.6) is 5.75 Å². The van der Waals surface area contributed by atoms with Crippen LogP contribution in [0.2, 0.25) is 0 Å². The largest absolute Gasteiger partial charge is 0.484 e. The van der Waals surface area contributed by atoms with Gasteiger partial charge in [-0.1, -0.05) is 32.0 Å². The van der Waals surface area contributed by atoms with Gasteiger partial charge in [0.25, 0.3) is 5.91 Å². The van der Waals surface area contributed by atoms with Gasteiger partial charge in [-0.3, -0.25) is 4.79 Å². The first-order valence-corrected chi connectivity index (χ1v) is 7.42. The van der Waals surface area contributed by atoms with Crippen molar-refractivity contribution in [3.05, 3.63) is 46.4 Å². The van der Waals surface area contributed by atoms with E-state index in [-0.39, 0.29) is 12.5 Å². The summed E-state index contributed by atoms with van der Waals surface area (Å²) in [5.41, 5.74) is 1.07. The van der Waals surface area contributed by atoms with Gasteiger partial charge < -0.3 is 10.1 Å². The Bertz CT molecular complexity index is 552. The third-order valence-electron chi connectivity index (χ3n) is 2.71. The summed E-state index contributed by atoms with van der Waals surface area (Å²) >= 11 is 1.57. The van der Waals surface area contributed by atoms with Crippen molar-refractivity contribution in [3.8, 4) is 5.75 Å². The molecule has 0 aliphatic heterocycles. The van der Waals surface area contributed by atoms with Gasteiger partial charge in [0.2, 0.25) is 0 Å². The van der Waals surface area contributed by atoms with Gasteiger partial charge in [-0.05, 0) is 18.1 Å². The number of benzene rings is 1. The average molecular weight is 290 g/mol. The van der Waals surface area contributed by atoms with Crippen LogP contribution in [-0.4, -0.2) is 17.5 Å². The first kappa shape index (κ1) is 14.5. The summed E-state index contributed by atoms with van der Waals surface area (Å²) < 4.78 is 5.37. The topological polar surface area (TPSA) is 51.2 Å². The Hall–Kier alpha value is -1.88. The van der Waals surface area contributed by atoms with E-state index >= 15 is 0 Å². The Morgan fingerprint density at radius 1 is 1.35 bits per heavy atom. The molecule has 0 unspecified atom stereocenters. The molecule has 0 saturated carbocycles. The molecule has 0 spiro atoms. The number of rotatable bonds is 6. The van der Waals surface area contributed by atoms with Crippen LogP contribution in [-0.2, 0) is 11.3 Å². The minimum Gasteiger partial charge on any atom is -0.484 e. The van der Waals surface area contributed by atoms with Crippen molar-refractivity contribution in [3.63, 3.8) is 0 Å². The Morgan fingerprint density at radius 3 is 2.75 bits per heavy atom. The lowest BCUT2D eigenvalue weighted by Crippen LogP contribution is -2.28. The lowest BCUT2D eigenvalue weighted by Gasteiger charge is -2.06. The summed E-state index contributed by atoms with van der Waals surface area (Å²) in [4.78, 5) is 16.1. The number of nitrogens with one attached hydrogen (secondary N) is 1. The number of amides is 1. The molecule has 5 heteroatoms. The molecule has 1 aromatic carbocycles. The van der Waals surface area contributed by atoms with Crippen LogP contribution in [0.3, 0.4) is 0 Å². The predicted molar refractivity (Wildman–Crippen MR) is 80.0 cm³/mol. The van der Waals surface area contributed by atoms with E-state index in [1.165, 1.54) is 0 Å². The van der Waals surface area contributed by atoms with E-state index in [1.807, 2.05) is 35.7 Å². The molecular formula is C15H18N2O2S. The molecule has 0 aliphatic rings. The molecule has 1 amide bonds. The maximum Gasteiger partial charge on any atom is 0.258 e. The van der Waals surface area contributed by atoms with Crippen molar-refractivity contribution in [2.45, 2.75) is 26.3 Å². The van der Waals surface area contributed by atoms with Crippen molar-refractivity contribution in [1.82, 2.24) is 10.3 Å². The first-order chi connectivity index (χ1) is 9.65. The normalized spacial score (nSPS) is 10.6. The van der Waals surface area contributed by atoms with Crippen LogP contribution < -0.4 is 10.1 Å². The summed E-state index contributed by atoms with van der Waals surface area (Å²) in [6, 6.07) is 9.29. The zero-order valence-electron chi connectivity index (χ0n) is 11.6. The second kappa shape index (κ2) is 7.05. The third kappa shape index (κ3) is 4.35. The minimum atomic E-state index is -0.143. The van der Waals surface area contributed by atoms with E-state index < -0.39 is 0 Å². The summed E-state index contributed by atoms with van der Waals surface area (Å²) in [6.45, 7) is 4.68. The molecule has 0 aliphatic carbocycles. The zero-order valence-corrected chi connectivity index (χ0v) is 12.4. The lowest BCUT2D eigenvalue weighted by molar-refractivity contribution is -0.123. The second-order valence-corrected chi connectivity index (χ2v) is 5.64. The van der Waals surface area contributed by atoms with Crippen LogP contribution in [0.15, 0.2) is 35.7 Å². The number of carbonyl (C=O) groups excluding carboxylic acids is 1. The SMILES string of the molecule is CC(C)c1csc(CNC(=O)COc2ccccc2)n1. The Balaban J connectivity index is 1.74. The molecule has 1 N–H and O–H groups in total. The Labute approximate surface area is 122 Å². The second-order valence-electron chi connectivity index (χ2n) is 4.70. The van der Waals surface area contributed by atoms with Gasteiger partial charge in [0.05, 0.1) is 12.2 Å². The maximum absolute atomic E-state index is 11.7. The highest BCUT2D eigenvalue weighted by Crippen LogP contribution is 2.17. The molecule has 0 fully saturated rings. The number of hydrogen-bond donors (Lipinski definition) is 1. The Morgan fingerprint density at radius 2 is 2.10 bits per heavy atom. The number of hydrogen-bond acceptors (Lipinski definition) is 4. The van der Waals surface area contributed by atoms with E-state index in [9.17, 15) is 4.79 Å². The van der Waals surface area contributed by atoms with Crippen molar-refractivity contribution in [1.29, 1.82) is 0 Å². The highest BCUT2D eigenvalue weighted by atomic mass is 32.1. The van der Waals surface area contributed by atoms with Crippen LogP contribution in [0.4, 0.5) is 0 Å². The van der Waals surface area contributed by atoms with Gasteiger partial charge in [0, 0.05) is 5.38 Å². The fraction of sp³-hybridized carbons (Fsp3) is 0.333. The maximum atomic E-state index is 11.7. The fourth-order valence-electron chi connectivity index (χ4n) is 1.56. The summed E-state index contributed by atoms with van der Waals surface area (Å²) in [5, 5.41) is 5.76. The molecule has 106 valence electrons. The van der Waals surface area contributed by atoms with Gasteiger partial charge in [-0.2, -0.15) is 0 Å². The molecule has 2 aromatic rings. The third-order valence-corrected chi connectivity index (χ3v) is 3.58. The van der Waals surface area contributed by atoms with Gasteiger partial charge in [0.1, 0.15) is 10.8 Å². The standard InChI is InChI=1S/C15H18N2O2S/c1-11(2)13-10-20-15(17-13)8-16-14(18)9-19-12-6-4-3-5-7-12/h3-7,10-11H,8-9H2,1-2H3,(H,16,18). The number of carbonyl (C=O) groups is 1. The Kier molecular flexibility index (Phi) is 5.12. The van der Waals surface area contributed by atoms with Gasteiger partial charge in [-0.25, -0.2) is 4.98 Å². The molecule has 0 saturated heterocycles. The molecule has 0 bridgehead atoms. The molecule has 2 rings (SSSR count). The number of aromatic nitrogens is 1. The highest BCUT2D eigenvalue weighted by molar-refractivity contribution is 7.09. The van der Waals surface area contributed by atoms with E-state index in [0.717, 1.165) is 10.7 Å². The first-order valence-electron chi connectivity index (χ1n) is 6.54. The zero-order chi connectivity index (χ0) is 14.4. The number of nitrogens with zero attached hydrogens (tertiary/aromatic N) is 1. The monoisotopic (exact) mass is 290 g/mol. The molecule has 0 radical (unpaired) electrons. The van der Waals surface area contributed by atoms with Crippen molar-refractivity contribution >= 4 is 17.2 Å². The van der Waals surface area contributed by atoms with E-state index in [0.29, 0.717) is 18.2 Å². The van der Waals surface area contributed by atoms with E-state index in [2.05, 4.69) is 24.1 Å². The summed E-state index contributed by atoms with van der Waals surface area (Å²) in [7, 11) is 0. The van der Waals surface area contributed by atoms with Crippen LogP contribution in [0, 0.1) is 0 Å². The smallest absolute Gasteiger partial charge is 0.258 e. The fourth-order valence-corrected chi connectivity index (χ4v) is 2.46. The van der Waals surface area contributed by atoms with E-state index in [4.69, 9.17) is 4.74 Å². The summed E-state index contributed by atoms with van der Waals surface area (Å²) in [5.74, 6) is 0.964. The predicted octanol–water partition coefficient (Wildman–Crippen LogP) is 2.96. The number of para-hydroxylation sites is 1. The highest BCUT2D eigenvalue weighted by Gasteiger charge is 2.07. The molecule has 1 heterocycles. The molecule has 0 atom stereocenters. The van der Waals surface area contributed by atoms with Crippen molar-refractivity contribution in [2.24, 2.45) is 0 Å². The van der Waals surface area contributed by atoms with Gasteiger partial charge in [0.15, 0.2) is 6.61 Å². The van der Waals surface area contributed by atoms with Gasteiger partial charge >= 0.3 is 0 Å². The van der Waals surface area contributed by atoms with Crippen LogP contribution in [0.1, 0.15) is 30.5 Å². The van der Waals surface area contributed by atoms with E-state index in [1.54, 1.807) is 11.3 Å². The average Bonchev–Trinajstić information content (AvgIpc) is 2.93. The van der Waals surface area contributed by atoms with Crippen molar-refractivity contribution in [2.75, 3.05) is 6.61 Å². The molecular weight excluding hydrogens is 272 g/mol. The molecule has 4 nitrogen and oxygen atoms in total. The van der Waals surface area contributed by atoms with Crippen LogP contribution >= 0.6 is 11.3 Å². The van der Waals surface area contributed by atoms with Gasteiger partial charge in [-0.15, -0.1) is 11.3 Å². The lowest BCUT2D eigenvalue weighted by atomic mass is 10.2. The number of thiazole rings is 1.